The van der Waals surface area contributed by atoms with Crippen molar-refractivity contribution in [3.8, 4) is 0 Å². The lowest BCUT2D eigenvalue weighted by atomic mass is 9.97. The zero-order valence-electron chi connectivity index (χ0n) is 24.3. The largest absolute Gasteiger partial charge is 0.439 e. The number of nitrogens with one attached hydrogen (secondary N) is 1. The number of aromatic amines is 1. The number of tetrazole rings is 1. The molecule has 0 aliphatic carbocycles. The Balaban J connectivity index is 1.45. The molecule has 0 unspecified atom stereocenters. The second kappa shape index (κ2) is 12.2. The second-order valence-electron chi connectivity index (χ2n) is 11.1. The van der Waals surface area contributed by atoms with Crippen molar-refractivity contribution in [2.45, 2.75) is 70.0 Å². The number of benzene rings is 2. The van der Waals surface area contributed by atoms with Crippen molar-refractivity contribution in [2.24, 2.45) is 0 Å². The average molecular weight is 666 g/mol. The molecule has 1 amide bonds. The number of hydrogen-bond donors (Lipinski definition) is 1. The highest BCUT2D eigenvalue weighted by Gasteiger charge is 2.44. The molecule has 250 valence electrons. The molecule has 1 N–H and O–H groups in total. The van der Waals surface area contributed by atoms with Gasteiger partial charge in [0, 0.05) is 31.4 Å². The second-order valence-corrected chi connectivity index (χ2v) is 11.1. The van der Waals surface area contributed by atoms with E-state index in [-0.39, 0.29) is 17.7 Å². The van der Waals surface area contributed by atoms with Gasteiger partial charge in [0.05, 0.1) is 29.3 Å². The van der Waals surface area contributed by atoms with Gasteiger partial charge in [-0.3, -0.25) is 4.90 Å². The smallest absolute Gasteiger partial charge is 0.416 e. The Labute approximate surface area is 256 Å². The summed E-state index contributed by atoms with van der Waals surface area (Å²) >= 11 is 0. The van der Waals surface area contributed by atoms with E-state index >= 15 is 0 Å². The summed E-state index contributed by atoms with van der Waals surface area (Å²) < 4.78 is 128. The number of cyclic esters (lactones) is 1. The number of nitrogens with zero attached hydrogens (tertiary/aromatic N) is 6. The van der Waals surface area contributed by atoms with Crippen LogP contribution in [0, 0.1) is 0 Å². The monoisotopic (exact) mass is 665 g/mol. The van der Waals surface area contributed by atoms with Gasteiger partial charge in [-0.1, -0.05) is 5.10 Å². The van der Waals surface area contributed by atoms with Gasteiger partial charge in [0.25, 0.3) is 5.95 Å². The van der Waals surface area contributed by atoms with Gasteiger partial charge >= 0.3 is 24.6 Å². The van der Waals surface area contributed by atoms with Crippen LogP contribution in [0.4, 0.5) is 55.9 Å². The number of rotatable bonds is 7. The molecule has 0 spiro atoms. The van der Waals surface area contributed by atoms with Crippen molar-refractivity contribution in [3.63, 3.8) is 0 Å². The van der Waals surface area contributed by atoms with Crippen LogP contribution in [0.3, 0.4) is 0 Å². The number of halogens is 9. The van der Waals surface area contributed by atoms with Crippen molar-refractivity contribution in [1.29, 1.82) is 0 Å². The van der Waals surface area contributed by atoms with E-state index in [1.807, 2.05) is 16.7 Å². The SMILES string of the molecule is CCN(c1ccc(C(F)(F)F)cc1CN1C(=O)O[C@H](c2cc(C(F)(F)F)cc(C(F)(F)F)c2)[C@@H]1C)C1CCN(c2nn[nH]n2)CC1. The van der Waals surface area contributed by atoms with Gasteiger partial charge in [-0.2, -0.15) is 44.7 Å². The summed E-state index contributed by atoms with van der Waals surface area (Å²) in [6, 6.07) is 2.78. The molecule has 0 radical (unpaired) electrons. The Bertz CT molecular complexity index is 1500. The van der Waals surface area contributed by atoms with Crippen LogP contribution >= 0.6 is 0 Å². The normalized spacial score (nSPS) is 19.9. The number of alkyl halides is 9. The predicted molar refractivity (Wildman–Crippen MR) is 145 cm³/mol. The van der Waals surface area contributed by atoms with E-state index in [1.54, 1.807) is 0 Å². The Morgan fingerprint density at radius 2 is 1.52 bits per heavy atom. The molecule has 2 saturated heterocycles. The molecule has 18 heteroatoms. The summed E-state index contributed by atoms with van der Waals surface area (Å²) in [4.78, 5) is 17.8. The minimum Gasteiger partial charge on any atom is -0.439 e. The molecular formula is C28H28F9N7O2. The van der Waals surface area contributed by atoms with Gasteiger partial charge in [0.15, 0.2) is 0 Å². The fraction of sp³-hybridized carbons (Fsp3) is 0.500. The fourth-order valence-corrected chi connectivity index (χ4v) is 5.95. The maximum absolute atomic E-state index is 13.8. The third-order valence-electron chi connectivity index (χ3n) is 8.25. The van der Waals surface area contributed by atoms with Crippen LogP contribution in [0.5, 0.6) is 0 Å². The summed E-state index contributed by atoms with van der Waals surface area (Å²) in [5.74, 6) is 0.413. The summed E-state index contributed by atoms with van der Waals surface area (Å²) in [7, 11) is 0. The van der Waals surface area contributed by atoms with E-state index < -0.39 is 65.6 Å². The highest BCUT2D eigenvalue weighted by atomic mass is 19.4. The van der Waals surface area contributed by atoms with Crippen LogP contribution in [-0.2, 0) is 29.8 Å². The molecule has 0 bridgehead atoms. The quantitative estimate of drug-likeness (QED) is 0.277. The van der Waals surface area contributed by atoms with Gasteiger partial charge in [0.2, 0.25) is 0 Å². The van der Waals surface area contributed by atoms with Crippen LogP contribution in [0.15, 0.2) is 36.4 Å². The van der Waals surface area contributed by atoms with Crippen molar-refractivity contribution in [2.75, 3.05) is 29.4 Å². The van der Waals surface area contributed by atoms with Crippen LogP contribution < -0.4 is 9.80 Å². The van der Waals surface area contributed by atoms with E-state index in [2.05, 4.69) is 20.6 Å². The summed E-state index contributed by atoms with van der Waals surface area (Å²) in [5, 5.41) is 13.9. The van der Waals surface area contributed by atoms with Crippen LogP contribution in [0.1, 0.15) is 60.6 Å². The first-order chi connectivity index (χ1) is 21.5. The molecule has 2 atom stereocenters. The number of hydrogen-bond acceptors (Lipinski definition) is 7. The zero-order chi connectivity index (χ0) is 33.6. The molecule has 5 rings (SSSR count). The van der Waals surface area contributed by atoms with Crippen molar-refractivity contribution < 1.29 is 49.0 Å². The highest BCUT2D eigenvalue weighted by molar-refractivity contribution is 5.72. The minimum absolute atomic E-state index is 0.0380. The summed E-state index contributed by atoms with van der Waals surface area (Å²) in [6.07, 6.45) is -16.5. The number of amides is 1. The molecule has 9 nitrogen and oxygen atoms in total. The van der Waals surface area contributed by atoms with Crippen molar-refractivity contribution >= 4 is 17.7 Å². The molecule has 2 aliphatic rings. The fourth-order valence-electron chi connectivity index (χ4n) is 5.95. The van der Waals surface area contributed by atoms with Crippen LogP contribution in [0.25, 0.3) is 0 Å². The topological polar surface area (TPSA) is 90.5 Å². The first-order valence-electron chi connectivity index (χ1n) is 14.2. The molecule has 46 heavy (non-hydrogen) atoms. The van der Waals surface area contributed by atoms with Crippen molar-refractivity contribution in [3.05, 3.63) is 64.2 Å². The average Bonchev–Trinajstić information content (AvgIpc) is 3.62. The van der Waals surface area contributed by atoms with E-state index in [4.69, 9.17) is 4.74 Å². The predicted octanol–water partition coefficient (Wildman–Crippen LogP) is 6.83. The van der Waals surface area contributed by atoms with Crippen LogP contribution in [-0.4, -0.2) is 63.3 Å². The number of ether oxygens (including phenoxy) is 1. The molecule has 2 aromatic carbocycles. The van der Waals surface area contributed by atoms with E-state index in [9.17, 15) is 44.3 Å². The first-order valence-corrected chi connectivity index (χ1v) is 14.2. The maximum atomic E-state index is 13.8. The van der Waals surface area contributed by atoms with E-state index in [0.29, 0.717) is 56.2 Å². The number of piperidine rings is 1. The lowest BCUT2D eigenvalue weighted by molar-refractivity contribution is -0.143. The number of H-pyrrole nitrogens is 1. The Morgan fingerprint density at radius 1 is 0.913 bits per heavy atom. The molecule has 3 aromatic rings. The molecular weight excluding hydrogens is 637 g/mol. The van der Waals surface area contributed by atoms with Gasteiger partial charge in [-0.15, -0.1) is 5.10 Å². The number of carbonyl (C=O) groups excluding carboxylic acids is 1. The number of aromatic nitrogens is 4. The van der Waals surface area contributed by atoms with Crippen molar-refractivity contribution in [1.82, 2.24) is 25.5 Å². The maximum Gasteiger partial charge on any atom is 0.416 e. The Hall–Kier alpha value is -4.25. The highest BCUT2D eigenvalue weighted by Crippen LogP contribution is 2.42. The van der Waals surface area contributed by atoms with Gasteiger partial charge in [-0.25, -0.2) is 4.79 Å². The van der Waals surface area contributed by atoms with Gasteiger partial charge in [0.1, 0.15) is 6.10 Å². The molecule has 0 saturated carbocycles. The minimum atomic E-state index is -5.13. The molecule has 2 fully saturated rings. The van der Waals surface area contributed by atoms with E-state index in [1.165, 1.54) is 13.0 Å². The van der Waals surface area contributed by atoms with Gasteiger partial charge in [-0.05, 0) is 79.4 Å². The zero-order valence-corrected chi connectivity index (χ0v) is 24.3. The molecule has 3 heterocycles. The number of anilines is 2. The molecule has 1 aromatic heterocycles. The Kier molecular flexibility index (Phi) is 8.76. The summed E-state index contributed by atoms with van der Waals surface area (Å²) in [5.41, 5.74) is -4.21. The third-order valence-corrected chi connectivity index (χ3v) is 8.25. The lowest BCUT2D eigenvalue weighted by Crippen LogP contribution is -2.46. The van der Waals surface area contributed by atoms with Crippen LogP contribution in [0.2, 0.25) is 0 Å². The molecule has 2 aliphatic heterocycles. The lowest BCUT2D eigenvalue weighted by Gasteiger charge is -2.40. The van der Waals surface area contributed by atoms with E-state index in [0.717, 1.165) is 17.0 Å². The van der Waals surface area contributed by atoms with Gasteiger partial charge < -0.3 is 14.5 Å². The third kappa shape index (κ3) is 6.79. The first kappa shape index (κ1) is 33.1. The Morgan fingerprint density at radius 3 is 2.04 bits per heavy atom. The standard InChI is InChI=1S/C28H28F9N7O2/c1-3-43(21-6-8-42(9-7-21)24-38-40-41-39-24)22-5-4-18(26(29,30)31)12-17(22)14-44-15(2)23(46-25(44)45)16-10-19(27(32,33)34)13-20(11-16)28(35,36)37/h4-5,10-13,15,21,23H,3,6-9,14H2,1-2H3,(H,38,39,40,41)/t15-,23-/m0/s1. The summed E-state index contributed by atoms with van der Waals surface area (Å²) in [6.45, 7) is 4.18. The number of carbonyl (C=O) groups is 1.